The summed E-state index contributed by atoms with van der Waals surface area (Å²) in [5.41, 5.74) is 1.51. The summed E-state index contributed by atoms with van der Waals surface area (Å²) in [5, 5.41) is 14.1. The summed E-state index contributed by atoms with van der Waals surface area (Å²) in [6.07, 6.45) is 3.81. The van der Waals surface area contributed by atoms with Crippen LogP contribution in [0.3, 0.4) is 0 Å². The van der Waals surface area contributed by atoms with Crippen molar-refractivity contribution in [3.8, 4) is 0 Å². The predicted molar refractivity (Wildman–Crippen MR) is 80.1 cm³/mol. The van der Waals surface area contributed by atoms with E-state index in [1.165, 1.54) is 5.56 Å². The van der Waals surface area contributed by atoms with E-state index in [1.807, 2.05) is 18.2 Å². The number of nitrogens with one attached hydrogen (secondary N) is 2. The van der Waals surface area contributed by atoms with Crippen LogP contribution >= 0.6 is 0 Å². The zero-order valence-electron chi connectivity index (χ0n) is 12.1. The normalized spacial score (nSPS) is 15.2. The molecule has 21 heavy (non-hydrogen) atoms. The van der Waals surface area contributed by atoms with Gasteiger partial charge in [0.15, 0.2) is 0 Å². The van der Waals surface area contributed by atoms with Gasteiger partial charge >= 0.3 is 12.0 Å². The molecule has 0 aliphatic heterocycles. The molecular weight excluding hydrogens is 268 g/mol. The average Bonchev–Trinajstić information content (AvgIpc) is 3.22. The van der Waals surface area contributed by atoms with Gasteiger partial charge in [-0.2, -0.15) is 0 Å². The van der Waals surface area contributed by atoms with Crippen LogP contribution in [0.25, 0.3) is 0 Å². The SMILES string of the molecule is O=C(O)CCCNC(=O)NCC1(Cc2ccccc2)CC1. The van der Waals surface area contributed by atoms with Crippen LogP contribution in [-0.2, 0) is 11.2 Å². The van der Waals surface area contributed by atoms with Crippen LogP contribution in [0.1, 0.15) is 31.2 Å². The number of hydrogen-bond acceptors (Lipinski definition) is 2. The average molecular weight is 290 g/mol. The van der Waals surface area contributed by atoms with E-state index >= 15 is 0 Å². The van der Waals surface area contributed by atoms with E-state index in [0.717, 1.165) is 19.3 Å². The first-order valence-corrected chi connectivity index (χ1v) is 7.37. The molecule has 0 atom stereocenters. The topological polar surface area (TPSA) is 78.4 Å². The maximum Gasteiger partial charge on any atom is 0.314 e. The number of aliphatic carboxylic acids is 1. The number of urea groups is 1. The molecule has 1 aliphatic carbocycles. The molecule has 0 bridgehead atoms. The molecule has 0 saturated heterocycles. The second-order valence-electron chi connectivity index (χ2n) is 5.77. The van der Waals surface area contributed by atoms with Gasteiger partial charge in [0.1, 0.15) is 0 Å². The molecule has 1 saturated carbocycles. The quantitative estimate of drug-likeness (QED) is 0.642. The van der Waals surface area contributed by atoms with E-state index in [2.05, 4.69) is 22.8 Å². The summed E-state index contributed by atoms with van der Waals surface area (Å²) >= 11 is 0. The minimum Gasteiger partial charge on any atom is -0.481 e. The summed E-state index contributed by atoms with van der Waals surface area (Å²) in [7, 11) is 0. The number of hydrogen-bond donors (Lipinski definition) is 3. The molecule has 5 nitrogen and oxygen atoms in total. The maximum absolute atomic E-state index is 11.6. The first-order chi connectivity index (χ1) is 10.1. The number of amides is 2. The summed E-state index contributed by atoms with van der Waals surface area (Å²) < 4.78 is 0. The van der Waals surface area contributed by atoms with Gasteiger partial charge < -0.3 is 15.7 Å². The zero-order chi connectivity index (χ0) is 15.1. The lowest BCUT2D eigenvalue weighted by molar-refractivity contribution is -0.137. The summed E-state index contributed by atoms with van der Waals surface area (Å²) in [5.74, 6) is -0.836. The number of carboxylic acid groups (broad SMARTS) is 1. The Morgan fingerprint density at radius 3 is 2.48 bits per heavy atom. The molecule has 2 amide bonds. The van der Waals surface area contributed by atoms with Crippen LogP contribution in [0.4, 0.5) is 4.79 Å². The van der Waals surface area contributed by atoms with Crippen LogP contribution in [0.2, 0.25) is 0 Å². The third-order valence-corrected chi connectivity index (χ3v) is 3.86. The highest BCUT2D eigenvalue weighted by Crippen LogP contribution is 2.47. The lowest BCUT2D eigenvalue weighted by Gasteiger charge is -2.16. The van der Waals surface area contributed by atoms with Gasteiger partial charge in [0.25, 0.3) is 0 Å². The van der Waals surface area contributed by atoms with E-state index in [1.54, 1.807) is 0 Å². The number of carboxylic acids is 1. The molecule has 0 aromatic heterocycles. The highest BCUT2D eigenvalue weighted by Gasteiger charge is 2.42. The van der Waals surface area contributed by atoms with Crippen molar-refractivity contribution >= 4 is 12.0 Å². The molecule has 1 aromatic rings. The standard InChI is InChI=1S/C16H22N2O3/c19-14(20)7-4-10-17-15(21)18-12-16(8-9-16)11-13-5-2-1-3-6-13/h1-3,5-6H,4,7-12H2,(H,19,20)(H2,17,18,21). The van der Waals surface area contributed by atoms with Crippen LogP contribution in [0.5, 0.6) is 0 Å². The Morgan fingerprint density at radius 2 is 1.86 bits per heavy atom. The second-order valence-corrected chi connectivity index (χ2v) is 5.77. The molecule has 5 heteroatoms. The lowest BCUT2D eigenvalue weighted by Crippen LogP contribution is -2.39. The summed E-state index contributed by atoms with van der Waals surface area (Å²) in [6.45, 7) is 1.07. The number of benzene rings is 1. The fourth-order valence-electron chi connectivity index (χ4n) is 2.39. The fraction of sp³-hybridized carbons (Fsp3) is 0.500. The van der Waals surface area contributed by atoms with Crippen molar-refractivity contribution in [3.63, 3.8) is 0 Å². The molecule has 3 N–H and O–H groups in total. The highest BCUT2D eigenvalue weighted by molar-refractivity contribution is 5.74. The lowest BCUT2D eigenvalue weighted by atomic mass is 9.96. The molecule has 0 heterocycles. The van der Waals surface area contributed by atoms with Gasteiger partial charge in [-0.25, -0.2) is 4.79 Å². The molecule has 0 radical (unpaired) electrons. The van der Waals surface area contributed by atoms with Gasteiger partial charge in [0.05, 0.1) is 0 Å². The number of carbonyl (C=O) groups excluding carboxylic acids is 1. The van der Waals surface area contributed by atoms with E-state index in [4.69, 9.17) is 5.11 Å². The van der Waals surface area contributed by atoms with Crippen molar-refractivity contribution in [3.05, 3.63) is 35.9 Å². The molecule has 0 unspecified atom stereocenters. The minimum absolute atomic E-state index is 0.0816. The number of carbonyl (C=O) groups is 2. The molecular formula is C16H22N2O3. The van der Waals surface area contributed by atoms with Gasteiger partial charge in [0, 0.05) is 19.5 Å². The van der Waals surface area contributed by atoms with Crippen molar-refractivity contribution in [2.45, 2.75) is 32.1 Å². The van der Waals surface area contributed by atoms with E-state index < -0.39 is 5.97 Å². The Balaban J connectivity index is 1.65. The number of rotatable bonds is 8. The molecule has 1 aliphatic rings. The Hall–Kier alpha value is -2.04. The summed E-state index contributed by atoms with van der Waals surface area (Å²) in [6, 6.07) is 10.1. The van der Waals surface area contributed by atoms with E-state index in [-0.39, 0.29) is 17.9 Å². The Labute approximate surface area is 124 Å². The van der Waals surface area contributed by atoms with Gasteiger partial charge in [-0.1, -0.05) is 30.3 Å². The van der Waals surface area contributed by atoms with Gasteiger partial charge in [0.2, 0.25) is 0 Å². The van der Waals surface area contributed by atoms with Gasteiger partial charge in [-0.3, -0.25) is 4.79 Å². The Morgan fingerprint density at radius 1 is 1.14 bits per heavy atom. The molecule has 0 spiro atoms. The van der Waals surface area contributed by atoms with Crippen molar-refractivity contribution in [1.29, 1.82) is 0 Å². The maximum atomic E-state index is 11.6. The predicted octanol–water partition coefficient (Wildman–Crippen LogP) is 2.17. The van der Waals surface area contributed by atoms with Crippen LogP contribution in [0.15, 0.2) is 30.3 Å². The van der Waals surface area contributed by atoms with Crippen LogP contribution in [0, 0.1) is 5.41 Å². The monoisotopic (exact) mass is 290 g/mol. The third-order valence-electron chi connectivity index (χ3n) is 3.86. The first kappa shape index (κ1) is 15.4. The Bertz CT molecular complexity index is 484. The summed E-state index contributed by atoms with van der Waals surface area (Å²) in [4.78, 5) is 22.0. The van der Waals surface area contributed by atoms with E-state index in [0.29, 0.717) is 19.5 Å². The zero-order valence-corrected chi connectivity index (χ0v) is 12.1. The van der Waals surface area contributed by atoms with Crippen molar-refractivity contribution in [1.82, 2.24) is 10.6 Å². The fourth-order valence-corrected chi connectivity index (χ4v) is 2.39. The third kappa shape index (κ3) is 5.45. The molecule has 114 valence electrons. The van der Waals surface area contributed by atoms with Crippen LogP contribution in [-0.4, -0.2) is 30.2 Å². The molecule has 1 aromatic carbocycles. The van der Waals surface area contributed by atoms with Crippen molar-refractivity contribution < 1.29 is 14.7 Å². The van der Waals surface area contributed by atoms with Crippen molar-refractivity contribution in [2.75, 3.05) is 13.1 Å². The van der Waals surface area contributed by atoms with Crippen LogP contribution < -0.4 is 10.6 Å². The molecule has 1 fully saturated rings. The Kier molecular flexibility index (Phi) is 5.20. The second kappa shape index (κ2) is 7.11. The first-order valence-electron chi connectivity index (χ1n) is 7.37. The van der Waals surface area contributed by atoms with Gasteiger partial charge in [-0.05, 0) is 36.7 Å². The van der Waals surface area contributed by atoms with E-state index in [9.17, 15) is 9.59 Å². The minimum atomic E-state index is -0.836. The van der Waals surface area contributed by atoms with Crippen molar-refractivity contribution in [2.24, 2.45) is 5.41 Å². The van der Waals surface area contributed by atoms with Gasteiger partial charge in [-0.15, -0.1) is 0 Å². The smallest absolute Gasteiger partial charge is 0.314 e. The highest BCUT2D eigenvalue weighted by atomic mass is 16.4. The largest absolute Gasteiger partial charge is 0.481 e. The molecule has 2 rings (SSSR count).